The molecule has 1 aliphatic rings. The monoisotopic (exact) mass is 233 g/mol. The lowest BCUT2D eigenvalue weighted by Crippen LogP contribution is -2.39. The van der Waals surface area contributed by atoms with Gasteiger partial charge in [0.2, 0.25) is 0 Å². The van der Waals surface area contributed by atoms with Crippen molar-refractivity contribution in [3.8, 4) is 0 Å². The van der Waals surface area contributed by atoms with Crippen molar-refractivity contribution in [2.75, 3.05) is 18.9 Å². The maximum atomic E-state index is 11.9. The summed E-state index contributed by atoms with van der Waals surface area (Å²) in [5.74, 6) is 0.699. The van der Waals surface area contributed by atoms with Crippen molar-refractivity contribution < 1.29 is 4.79 Å². The van der Waals surface area contributed by atoms with Crippen molar-refractivity contribution in [2.45, 2.75) is 26.2 Å². The highest BCUT2D eigenvalue weighted by Gasteiger charge is 2.31. The van der Waals surface area contributed by atoms with Crippen LogP contribution in [0.3, 0.4) is 0 Å². The van der Waals surface area contributed by atoms with Crippen LogP contribution in [0.5, 0.6) is 0 Å². The predicted molar refractivity (Wildman–Crippen MR) is 68.1 cm³/mol. The summed E-state index contributed by atoms with van der Waals surface area (Å²) >= 11 is 0. The number of aromatic nitrogens is 1. The van der Waals surface area contributed by atoms with E-state index in [1.165, 1.54) is 19.3 Å². The summed E-state index contributed by atoms with van der Waals surface area (Å²) in [6.07, 6.45) is 5.36. The van der Waals surface area contributed by atoms with E-state index in [-0.39, 0.29) is 5.91 Å². The Morgan fingerprint density at radius 2 is 2.29 bits per heavy atom. The number of rotatable bonds is 4. The van der Waals surface area contributed by atoms with Crippen molar-refractivity contribution in [3.05, 3.63) is 23.9 Å². The highest BCUT2D eigenvalue weighted by Crippen LogP contribution is 2.39. The first kappa shape index (κ1) is 11.9. The summed E-state index contributed by atoms with van der Waals surface area (Å²) in [6, 6.07) is 3.50. The molecular weight excluding hydrogens is 214 g/mol. The van der Waals surface area contributed by atoms with Gasteiger partial charge in [0.15, 0.2) is 0 Å². The summed E-state index contributed by atoms with van der Waals surface area (Å²) in [7, 11) is 1.79. The van der Waals surface area contributed by atoms with Crippen molar-refractivity contribution >= 4 is 11.7 Å². The number of amides is 1. The molecule has 92 valence electrons. The second kappa shape index (κ2) is 4.73. The summed E-state index contributed by atoms with van der Waals surface area (Å²) in [6.45, 7) is 2.99. The first-order valence-electron chi connectivity index (χ1n) is 6.05. The van der Waals surface area contributed by atoms with Crippen molar-refractivity contribution in [1.29, 1.82) is 0 Å². The van der Waals surface area contributed by atoms with Gasteiger partial charge in [0.1, 0.15) is 5.82 Å². The van der Waals surface area contributed by atoms with Crippen molar-refractivity contribution in [2.24, 2.45) is 5.41 Å². The fourth-order valence-electron chi connectivity index (χ4n) is 2.06. The molecule has 2 rings (SSSR count). The number of hydrogen-bond donors (Lipinski definition) is 2. The van der Waals surface area contributed by atoms with E-state index in [1.54, 1.807) is 25.4 Å². The smallest absolute Gasteiger partial charge is 0.251 e. The van der Waals surface area contributed by atoms with E-state index in [2.05, 4.69) is 22.5 Å². The zero-order chi connectivity index (χ0) is 12.3. The molecule has 0 unspecified atom stereocenters. The summed E-state index contributed by atoms with van der Waals surface area (Å²) in [5, 5.41) is 5.92. The molecule has 1 amide bonds. The quantitative estimate of drug-likeness (QED) is 0.836. The average molecular weight is 233 g/mol. The molecule has 0 aliphatic heterocycles. The number of anilines is 1. The normalized spacial score (nSPS) is 17.1. The standard InChI is InChI=1S/C13H19N3O/c1-13(5-3-6-13)9-16-12(17)10-4-7-15-11(8-10)14-2/h4,7-8H,3,5-6,9H2,1-2H3,(H,14,15)(H,16,17). The summed E-state index contributed by atoms with van der Waals surface area (Å²) in [4.78, 5) is 16.0. The Morgan fingerprint density at radius 3 is 2.88 bits per heavy atom. The van der Waals surface area contributed by atoms with Crippen LogP contribution in [0.1, 0.15) is 36.5 Å². The second-order valence-corrected chi connectivity index (χ2v) is 5.03. The van der Waals surface area contributed by atoms with E-state index in [0.717, 1.165) is 6.54 Å². The molecular formula is C13H19N3O. The molecule has 1 aliphatic carbocycles. The Balaban J connectivity index is 1.94. The van der Waals surface area contributed by atoms with Gasteiger partial charge in [-0.1, -0.05) is 13.3 Å². The number of nitrogens with one attached hydrogen (secondary N) is 2. The number of carbonyl (C=O) groups is 1. The molecule has 17 heavy (non-hydrogen) atoms. The molecule has 0 atom stereocenters. The van der Waals surface area contributed by atoms with Crippen LogP contribution in [-0.2, 0) is 0 Å². The van der Waals surface area contributed by atoms with Gasteiger partial charge in [-0.3, -0.25) is 4.79 Å². The molecule has 0 aromatic carbocycles. The zero-order valence-electron chi connectivity index (χ0n) is 10.4. The van der Waals surface area contributed by atoms with Crippen LogP contribution >= 0.6 is 0 Å². The lowest BCUT2D eigenvalue weighted by Gasteiger charge is -2.38. The fraction of sp³-hybridized carbons (Fsp3) is 0.538. The van der Waals surface area contributed by atoms with E-state index in [9.17, 15) is 4.79 Å². The maximum Gasteiger partial charge on any atom is 0.251 e. The molecule has 0 bridgehead atoms. The highest BCUT2D eigenvalue weighted by atomic mass is 16.1. The second-order valence-electron chi connectivity index (χ2n) is 5.03. The average Bonchev–Trinajstić information content (AvgIpc) is 2.33. The zero-order valence-corrected chi connectivity index (χ0v) is 10.4. The third-order valence-electron chi connectivity index (χ3n) is 3.51. The minimum atomic E-state index is -0.0166. The molecule has 0 saturated heterocycles. The van der Waals surface area contributed by atoms with E-state index >= 15 is 0 Å². The third kappa shape index (κ3) is 2.75. The Morgan fingerprint density at radius 1 is 1.53 bits per heavy atom. The number of hydrogen-bond acceptors (Lipinski definition) is 3. The van der Waals surface area contributed by atoms with Gasteiger partial charge >= 0.3 is 0 Å². The van der Waals surface area contributed by atoms with Crippen LogP contribution in [-0.4, -0.2) is 24.5 Å². The van der Waals surface area contributed by atoms with Crippen LogP contribution in [0.15, 0.2) is 18.3 Å². The Bertz CT molecular complexity index is 413. The minimum Gasteiger partial charge on any atom is -0.373 e. The lowest BCUT2D eigenvalue weighted by molar-refractivity contribution is 0.0890. The van der Waals surface area contributed by atoms with Crippen LogP contribution in [0.25, 0.3) is 0 Å². The van der Waals surface area contributed by atoms with Gasteiger partial charge in [-0.25, -0.2) is 4.98 Å². The Hall–Kier alpha value is -1.58. The van der Waals surface area contributed by atoms with Crippen molar-refractivity contribution in [1.82, 2.24) is 10.3 Å². The molecule has 0 radical (unpaired) electrons. The molecule has 1 heterocycles. The van der Waals surface area contributed by atoms with E-state index in [0.29, 0.717) is 16.8 Å². The predicted octanol–water partition coefficient (Wildman–Crippen LogP) is 2.04. The van der Waals surface area contributed by atoms with Gasteiger partial charge in [0.05, 0.1) is 0 Å². The molecule has 2 N–H and O–H groups in total. The van der Waals surface area contributed by atoms with E-state index in [4.69, 9.17) is 0 Å². The van der Waals surface area contributed by atoms with E-state index in [1.807, 2.05) is 0 Å². The first-order chi connectivity index (χ1) is 8.13. The largest absolute Gasteiger partial charge is 0.373 e. The molecule has 0 spiro atoms. The molecule has 1 aromatic heterocycles. The number of carbonyl (C=O) groups excluding carboxylic acids is 1. The topological polar surface area (TPSA) is 54.0 Å². The molecule has 1 fully saturated rings. The lowest BCUT2D eigenvalue weighted by atomic mass is 9.70. The van der Waals surface area contributed by atoms with Crippen LogP contribution in [0, 0.1) is 5.41 Å². The summed E-state index contributed by atoms with van der Waals surface area (Å²) in [5.41, 5.74) is 0.974. The van der Waals surface area contributed by atoms with E-state index < -0.39 is 0 Å². The van der Waals surface area contributed by atoms with Gasteiger partial charge in [-0.2, -0.15) is 0 Å². The Kier molecular flexibility index (Phi) is 3.31. The minimum absolute atomic E-state index is 0.0166. The molecule has 1 saturated carbocycles. The van der Waals surface area contributed by atoms with Gasteiger partial charge in [-0.05, 0) is 30.4 Å². The van der Waals surface area contributed by atoms with Gasteiger partial charge < -0.3 is 10.6 Å². The molecule has 4 heteroatoms. The van der Waals surface area contributed by atoms with Crippen LogP contribution in [0.4, 0.5) is 5.82 Å². The fourth-order valence-corrected chi connectivity index (χ4v) is 2.06. The molecule has 4 nitrogen and oxygen atoms in total. The van der Waals surface area contributed by atoms with Crippen molar-refractivity contribution in [3.63, 3.8) is 0 Å². The number of nitrogens with zero attached hydrogens (tertiary/aromatic N) is 1. The van der Waals surface area contributed by atoms with Crippen LogP contribution in [0.2, 0.25) is 0 Å². The first-order valence-corrected chi connectivity index (χ1v) is 6.05. The summed E-state index contributed by atoms with van der Waals surface area (Å²) < 4.78 is 0. The SMILES string of the molecule is CNc1cc(C(=O)NCC2(C)CCC2)ccn1. The van der Waals surface area contributed by atoms with Gasteiger partial charge in [-0.15, -0.1) is 0 Å². The Labute approximate surface area is 102 Å². The molecule has 1 aromatic rings. The maximum absolute atomic E-state index is 11.9. The van der Waals surface area contributed by atoms with Gasteiger partial charge in [0, 0.05) is 25.4 Å². The number of pyridine rings is 1. The van der Waals surface area contributed by atoms with Crippen LogP contribution < -0.4 is 10.6 Å². The third-order valence-corrected chi connectivity index (χ3v) is 3.51. The highest BCUT2D eigenvalue weighted by molar-refractivity contribution is 5.94. The van der Waals surface area contributed by atoms with Gasteiger partial charge in [0.25, 0.3) is 5.91 Å².